The monoisotopic (exact) mass is 348 g/mol. The van der Waals surface area contributed by atoms with Gasteiger partial charge in [0.25, 0.3) is 0 Å². The number of carbonyl (C=O) groups is 1. The van der Waals surface area contributed by atoms with Crippen LogP contribution in [0.5, 0.6) is 0 Å². The van der Waals surface area contributed by atoms with Crippen molar-refractivity contribution in [2.24, 2.45) is 0 Å². The lowest BCUT2D eigenvalue weighted by Crippen LogP contribution is -2.49. The van der Waals surface area contributed by atoms with Gasteiger partial charge in [-0.15, -0.1) is 0 Å². The van der Waals surface area contributed by atoms with Crippen molar-refractivity contribution < 1.29 is 4.79 Å². The molecule has 3 rings (SSSR count). The number of piperidine rings is 1. The summed E-state index contributed by atoms with van der Waals surface area (Å²) < 4.78 is 0. The highest BCUT2D eigenvalue weighted by molar-refractivity contribution is 5.81. The molecule has 1 aliphatic heterocycles. The number of aromatic nitrogens is 1. The van der Waals surface area contributed by atoms with E-state index in [4.69, 9.17) is 5.26 Å². The van der Waals surface area contributed by atoms with E-state index < -0.39 is 0 Å². The summed E-state index contributed by atoms with van der Waals surface area (Å²) in [7, 11) is 1.86. The second-order valence-electron chi connectivity index (χ2n) is 6.85. The fourth-order valence-corrected chi connectivity index (χ4v) is 3.48. The molecule has 0 bridgehead atoms. The molecule has 1 unspecified atom stereocenters. The summed E-state index contributed by atoms with van der Waals surface area (Å²) in [6.45, 7) is 2.26. The Morgan fingerprint density at radius 1 is 1.27 bits per heavy atom. The first-order valence-corrected chi connectivity index (χ1v) is 9.04. The van der Waals surface area contributed by atoms with Gasteiger partial charge in [0.1, 0.15) is 0 Å². The minimum Gasteiger partial charge on any atom is -0.340 e. The van der Waals surface area contributed by atoms with Crippen LogP contribution in [0, 0.1) is 11.3 Å². The Kier molecular flexibility index (Phi) is 5.98. The first-order valence-electron chi connectivity index (χ1n) is 9.04. The lowest BCUT2D eigenvalue weighted by atomic mass is 10.00. The van der Waals surface area contributed by atoms with Crippen LogP contribution < -0.4 is 0 Å². The third-order valence-electron chi connectivity index (χ3n) is 4.89. The quantitative estimate of drug-likeness (QED) is 0.833. The fraction of sp³-hybridized carbons (Fsp3) is 0.381. The van der Waals surface area contributed by atoms with Gasteiger partial charge in [0.05, 0.1) is 17.7 Å². The number of hydrogen-bond acceptors (Lipinski definition) is 4. The van der Waals surface area contributed by atoms with E-state index in [-0.39, 0.29) is 11.9 Å². The number of likely N-dealkylation sites (tertiary alicyclic amines) is 1. The van der Waals surface area contributed by atoms with Crippen molar-refractivity contribution in [3.63, 3.8) is 0 Å². The molecular weight excluding hydrogens is 324 g/mol. The SMILES string of the molecule is CN(Cc1ccc(C#N)cc1)C(=O)C1CCCCN1Cc1cccnc1. The Bertz CT molecular complexity index is 767. The van der Waals surface area contributed by atoms with Gasteiger partial charge >= 0.3 is 0 Å². The third kappa shape index (κ3) is 4.47. The molecule has 1 atom stereocenters. The number of nitriles is 1. The van der Waals surface area contributed by atoms with Crippen LogP contribution in [0.15, 0.2) is 48.8 Å². The second-order valence-corrected chi connectivity index (χ2v) is 6.85. The van der Waals surface area contributed by atoms with Crippen LogP contribution in [0.3, 0.4) is 0 Å². The summed E-state index contributed by atoms with van der Waals surface area (Å²) in [5.74, 6) is 0.165. The van der Waals surface area contributed by atoms with E-state index in [0.29, 0.717) is 12.1 Å². The largest absolute Gasteiger partial charge is 0.340 e. The van der Waals surface area contributed by atoms with E-state index in [0.717, 1.165) is 43.5 Å². The molecule has 134 valence electrons. The van der Waals surface area contributed by atoms with Crippen LogP contribution in [0.25, 0.3) is 0 Å². The Morgan fingerprint density at radius 2 is 2.08 bits per heavy atom. The molecule has 1 aromatic carbocycles. The fourth-order valence-electron chi connectivity index (χ4n) is 3.48. The van der Waals surface area contributed by atoms with Crippen LogP contribution in [0.4, 0.5) is 0 Å². The summed E-state index contributed by atoms with van der Waals surface area (Å²) >= 11 is 0. The number of likely N-dealkylation sites (N-methyl/N-ethyl adjacent to an activating group) is 1. The standard InChI is InChI=1S/C21H24N4O/c1-24(15-18-9-7-17(13-22)8-10-18)21(26)20-6-2-3-12-25(20)16-19-5-4-11-23-14-19/h4-5,7-11,14,20H,2-3,6,12,15-16H2,1H3. The van der Waals surface area contributed by atoms with Gasteiger partial charge in [-0.05, 0) is 48.7 Å². The molecule has 0 aliphatic carbocycles. The molecule has 0 radical (unpaired) electrons. The lowest BCUT2D eigenvalue weighted by molar-refractivity contribution is -0.137. The number of pyridine rings is 1. The molecule has 2 heterocycles. The molecule has 0 saturated carbocycles. The number of carbonyl (C=O) groups excluding carboxylic acids is 1. The highest BCUT2D eigenvalue weighted by atomic mass is 16.2. The second kappa shape index (κ2) is 8.59. The topological polar surface area (TPSA) is 60.2 Å². The minimum atomic E-state index is -0.0765. The van der Waals surface area contributed by atoms with Crippen molar-refractivity contribution in [3.05, 3.63) is 65.5 Å². The van der Waals surface area contributed by atoms with Gasteiger partial charge in [0, 0.05) is 32.5 Å². The van der Waals surface area contributed by atoms with Crippen molar-refractivity contribution in [2.45, 2.75) is 38.4 Å². The summed E-state index contributed by atoms with van der Waals surface area (Å²) in [4.78, 5) is 21.3. The molecule has 5 heteroatoms. The van der Waals surface area contributed by atoms with Gasteiger partial charge in [-0.3, -0.25) is 14.7 Å². The summed E-state index contributed by atoms with van der Waals surface area (Å²) in [6.07, 6.45) is 6.76. The van der Waals surface area contributed by atoms with Crippen LogP contribution in [0.2, 0.25) is 0 Å². The van der Waals surface area contributed by atoms with Crippen molar-refractivity contribution >= 4 is 5.91 Å². The molecule has 26 heavy (non-hydrogen) atoms. The van der Waals surface area contributed by atoms with E-state index in [1.54, 1.807) is 23.2 Å². The summed E-state index contributed by atoms with van der Waals surface area (Å²) in [6, 6.07) is 13.5. The Labute approximate surface area is 154 Å². The van der Waals surface area contributed by atoms with Gasteiger partial charge < -0.3 is 4.90 Å². The van der Waals surface area contributed by atoms with Gasteiger partial charge in [0.15, 0.2) is 0 Å². The van der Waals surface area contributed by atoms with Crippen molar-refractivity contribution in [1.29, 1.82) is 5.26 Å². The predicted octanol–water partition coefficient (Wildman–Crippen LogP) is 2.97. The van der Waals surface area contributed by atoms with Crippen molar-refractivity contribution in [3.8, 4) is 6.07 Å². The van der Waals surface area contributed by atoms with E-state index >= 15 is 0 Å². The first-order chi connectivity index (χ1) is 12.7. The van der Waals surface area contributed by atoms with Crippen LogP contribution in [-0.4, -0.2) is 40.3 Å². The maximum atomic E-state index is 13.0. The van der Waals surface area contributed by atoms with Gasteiger partial charge in [-0.25, -0.2) is 0 Å². The van der Waals surface area contributed by atoms with E-state index in [1.807, 2.05) is 31.4 Å². The number of amides is 1. The van der Waals surface area contributed by atoms with Crippen LogP contribution >= 0.6 is 0 Å². The number of hydrogen-bond donors (Lipinski definition) is 0. The molecule has 0 spiro atoms. The Hall–Kier alpha value is -2.71. The molecule has 1 saturated heterocycles. The Morgan fingerprint density at radius 3 is 2.77 bits per heavy atom. The molecular formula is C21H24N4O. The highest BCUT2D eigenvalue weighted by Crippen LogP contribution is 2.21. The zero-order valence-electron chi connectivity index (χ0n) is 15.1. The number of nitrogens with zero attached hydrogens (tertiary/aromatic N) is 4. The highest BCUT2D eigenvalue weighted by Gasteiger charge is 2.30. The van der Waals surface area contributed by atoms with E-state index in [9.17, 15) is 4.79 Å². The van der Waals surface area contributed by atoms with Gasteiger partial charge in [0.2, 0.25) is 5.91 Å². The van der Waals surface area contributed by atoms with E-state index in [1.165, 1.54) is 0 Å². The number of rotatable bonds is 5. The smallest absolute Gasteiger partial charge is 0.239 e. The zero-order chi connectivity index (χ0) is 18.4. The van der Waals surface area contributed by atoms with Crippen molar-refractivity contribution in [1.82, 2.24) is 14.8 Å². The molecule has 2 aromatic rings. The van der Waals surface area contributed by atoms with Crippen LogP contribution in [0.1, 0.15) is 36.0 Å². The van der Waals surface area contributed by atoms with E-state index in [2.05, 4.69) is 22.0 Å². The zero-order valence-corrected chi connectivity index (χ0v) is 15.1. The van der Waals surface area contributed by atoms with Crippen LogP contribution in [-0.2, 0) is 17.9 Å². The molecule has 0 N–H and O–H groups in total. The first kappa shape index (κ1) is 18.1. The average molecular weight is 348 g/mol. The molecule has 1 aliphatic rings. The van der Waals surface area contributed by atoms with Gasteiger partial charge in [-0.1, -0.05) is 24.6 Å². The Balaban J connectivity index is 1.66. The third-order valence-corrected chi connectivity index (χ3v) is 4.89. The molecule has 1 aromatic heterocycles. The summed E-state index contributed by atoms with van der Waals surface area (Å²) in [5.41, 5.74) is 2.81. The minimum absolute atomic E-state index is 0.0765. The maximum Gasteiger partial charge on any atom is 0.239 e. The maximum absolute atomic E-state index is 13.0. The predicted molar refractivity (Wildman–Crippen MR) is 99.9 cm³/mol. The lowest BCUT2D eigenvalue weighted by Gasteiger charge is -2.36. The molecule has 1 fully saturated rings. The average Bonchev–Trinajstić information content (AvgIpc) is 2.69. The normalized spacial score (nSPS) is 17.5. The summed E-state index contributed by atoms with van der Waals surface area (Å²) in [5, 5.41) is 8.89. The number of benzene rings is 1. The van der Waals surface area contributed by atoms with Gasteiger partial charge in [-0.2, -0.15) is 5.26 Å². The molecule has 1 amide bonds. The molecule has 5 nitrogen and oxygen atoms in total. The van der Waals surface area contributed by atoms with Crippen molar-refractivity contribution in [2.75, 3.05) is 13.6 Å².